The first kappa shape index (κ1) is 9.88. The Morgan fingerprint density at radius 1 is 1.62 bits per heavy atom. The highest BCUT2D eigenvalue weighted by Crippen LogP contribution is 2.18. The van der Waals surface area contributed by atoms with Crippen LogP contribution in [0.5, 0.6) is 0 Å². The van der Waals surface area contributed by atoms with Gasteiger partial charge in [0.2, 0.25) is 11.9 Å². The van der Waals surface area contributed by atoms with Crippen LogP contribution in [0.4, 0.5) is 14.7 Å². The summed E-state index contributed by atoms with van der Waals surface area (Å²) in [6.45, 7) is 1.33. The highest BCUT2D eigenvalue weighted by Gasteiger charge is 2.19. The molecule has 0 fully saturated rings. The molecule has 0 aliphatic rings. The van der Waals surface area contributed by atoms with Crippen LogP contribution in [0.15, 0.2) is 6.33 Å². The molecule has 1 aromatic heterocycles. The van der Waals surface area contributed by atoms with Crippen LogP contribution in [0, 0.1) is 0 Å². The minimum atomic E-state index is -2.61. The Morgan fingerprint density at radius 3 is 2.77 bits per heavy atom. The number of aryl methyl sites for hydroxylation is 1. The van der Waals surface area contributed by atoms with E-state index >= 15 is 0 Å². The van der Waals surface area contributed by atoms with Gasteiger partial charge in [-0.3, -0.25) is 4.68 Å². The first-order chi connectivity index (χ1) is 5.97. The van der Waals surface area contributed by atoms with Crippen LogP contribution in [0.2, 0.25) is 0 Å². The van der Waals surface area contributed by atoms with E-state index in [1.807, 2.05) is 0 Å². The maximum Gasteiger partial charge on any atom is 0.245 e. The predicted octanol–water partition coefficient (Wildman–Crippen LogP) is 1.30. The third-order valence-electron chi connectivity index (χ3n) is 1.56. The molecule has 0 amide bonds. The quantitative estimate of drug-likeness (QED) is 0.778. The van der Waals surface area contributed by atoms with Gasteiger partial charge in [0.05, 0.1) is 0 Å². The zero-order valence-corrected chi connectivity index (χ0v) is 7.37. The monoisotopic (exact) mass is 190 g/mol. The summed E-state index contributed by atoms with van der Waals surface area (Å²) in [5.41, 5.74) is 5.24. The lowest BCUT2D eigenvalue weighted by molar-refractivity contribution is 0.00971. The maximum absolute atomic E-state index is 12.4. The van der Waals surface area contributed by atoms with Crippen molar-refractivity contribution in [3.8, 4) is 0 Å². The average molecular weight is 190 g/mol. The lowest BCUT2D eigenvalue weighted by Crippen LogP contribution is -2.11. The summed E-state index contributed by atoms with van der Waals surface area (Å²) in [6.07, 6.45) is 1.65. The largest absolute Gasteiger partial charge is 0.367 e. The molecule has 0 saturated heterocycles. The van der Waals surface area contributed by atoms with Crippen LogP contribution in [-0.4, -0.2) is 20.7 Å². The van der Waals surface area contributed by atoms with Crippen molar-refractivity contribution < 1.29 is 8.78 Å². The number of rotatable bonds is 4. The van der Waals surface area contributed by atoms with E-state index in [0.29, 0.717) is 13.0 Å². The number of aromatic nitrogens is 3. The van der Waals surface area contributed by atoms with Gasteiger partial charge in [-0.25, -0.2) is 13.8 Å². The van der Waals surface area contributed by atoms with Crippen molar-refractivity contribution in [3.63, 3.8) is 0 Å². The predicted molar refractivity (Wildman–Crippen MR) is 44.3 cm³/mol. The van der Waals surface area contributed by atoms with E-state index in [1.54, 1.807) is 0 Å². The van der Waals surface area contributed by atoms with Gasteiger partial charge in [0.25, 0.3) is 0 Å². The van der Waals surface area contributed by atoms with Crippen LogP contribution >= 0.6 is 0 Å². The summed E-state index contributed by atoms with van der Waals surface area (Å²) in [5.74, 6) is -2.44. The number of hydrogen-bond donors (Lipinski definition) is 1. The molecule has 1 heterocycles. The minimum Gasteiger partial charge on any atom is -0.367 e. The molecule has 0 unspecified atom stereocenters. The van der Waals surface area contributed by atoms with Crippen molar-refractivity contribution >= 4 is 5.95 Å². The summed E-state index contributed by atoms with van der Waals surface area (Å²) < 4.78 is 26.2. The fourth-order valence-corrected chi connectivity index (χ4v) is 0.968. The Morgan fingerprint density at radius 2 is 2.31 bits per heavy atom. The molecule has 74 valence electrons. The van der Waals surface area contributed by atoms with Gasteiger partial charge in [0, 0.05) is 13.0 Å². The zero-order valence-electron chi connectivity index (χ0n) is 7.37. The van der Waals surface area contributed by atoms with E-state index in [2.05, 4.69) is 10.1 Å². The van der Waals surface area contributed by atoms with Crippen LogP contribution in [0.25, 0.3) is 0 Å². The molecule has 0 bridgehead atoms. The zero-order chi connectivity index (χ0) is 9.90. The third-order valence-corrected chi connectivity index (χ3v) is 1.56. The summed E-state index contributed by atoms with van der Waals surface area (Å²) >= 11 is 0. The lowest BCUT2D eigenvalue weighted by Gasteiger charge is -2.08. The van der Waals surface area contributed by atoms with Gasteiger partial charge in [0.15, 0.2) is 0 Å². The molecule has 2 N–H and O–H groups in total. The van der Waals surface area contributed by atoms with E-state index in [1.165, 1.54) is 11.0 Å². The Hall–Kier alpha value is -1.20. The highest BCUT2D eigenvalue weighted by atomic mass is 19.3. The van der Waals surface area contributed by atoms with Crippen molar-refractivity contribution in [2.45, 2.75) is 32.2 Å². The number of nitrogens with two attached hydrogens (primary N) is 1. The number of hydrogen-bond acceptors (Lipinski definition) is 3. The van der Waals surface area contributed by atoms with Gasteiger partial charge in [-0.2, -0.15) is 0 Å². The van der Waals surface area contributed by atoms with Crippen molar-refractivity contribution in [2.24, 2.45) is 0 Å². The molecule has 0 aliphatic heterocycles. The Kier molecular flexibility index (Phi) is 2.79. The highest BCUT2D eigenvalue weighted by molar-refractivity contribution is 5.08. The number of halogens is 2. The van der Waals surface area contributed by atoms with Gasteiger partial charge < -0.3 is 5.73 Å². The minimum absolute atomic E-state index is 0.146. The van der Waals surface area contributed by atoms with Crippen LogP contribution < -0.4 is 5.73 Å². The second-order valence-electron chi connectivity index (χ2n) is 3.04. The molecule has 0 radical (unpaired) electrons. The second-order valence-corrected chi connectivity index (χ2v) is 3.04. The lowest BCUT2D eigenvalue weighted by atomic mass is 10.2. The van der Waals surface area contributed by atoms with Gasteiger partial charge in [-0.05, 0) is 13.3 Å². The fourth-order valence-electron chi connectivity index (χ4n) is 0.968. The van der Waals surface area contributed by atoms with Gasteiger partial charge in [-0.1, -0.05) is 0 Å². The van der Waals surface area contributed by atoms with Crippen LogP contribution in [-0.2, 0) is 6.54 Å². The normalized spacial score (nSPS) is 11.9. The van der Waals surface area contributed by atoms with Gasteiger partial charge in [0.1, 0.15) is 6.33 Å². The summed E-state index contributed by atoms with van der Waals surface area (Å²) in [6, 6.07) is 0. The summed E-state index contributed by atoms with van der Waals surface area (Å²) in [4.78, 5) is 3.67. The van der Waals surface area contributed by atoms with E-state index in [-0.39, 0.29) is 12.4 Å². The SMILES string of the molecule is CC(F)(F)CCCn1cnc(N)n1. The second kappa shape index (κ2) is 3.68. The average Bonchev–Trinajstić information content (AvgIpc) is 2.33. The molecule has 6 heteroatoms. The molecule has 0 aliphatic carbocycles. The fraction of sp³-hybridized carbons (Fsp3) is 0.714. The van der Waals surface area contributed by atoms with Gasteiger partial charge in [-0.15, -0.1) is 5.10 Å². The van der Waals surface area contributed by atoms with E-state index < -0.39 is 5.92 Å². The van der Waals surface area contributed by atoms with E-state index in [4.69, 9.17) is 5.73 Å². The smallest absolute Gasteiger partial charge is 0.245 e. The van der Waals surface area contributed by atoms with Crippen molar-refractivity contribution in [1.29, 1.82) is 0 Å². The first-order valence-electron chi connectivity index (χ1n) is 4.00. The van der Waals surface area contributed by atoms with Crippen molar-refractivity contribution in [2.75, 3.05) is 5.73 Å². The molecule has 0 saturated carbocycles. The molecule has 0 aromatic carbocycles. The first-order valence-corrected chi connectivity index (χ1v) is 4.00. The molecule has 0 atom stereocenters. The molecule has 4 nitrogen and oxygen atoms in total. The number of nitrogens with zero attached hydrogens (tertiary/aromatic N) is 3. The number of anilines is 1. The van der Waals surface area contributed by atoms with Crippen LogP contribution in [0.1, 0.15) is 19.8 Å². The Balaban J connectivity index is 2.28. The maximum atomic E-state index is 12.4. The Bertz CT molecular complexity index is 266. The number of nitrogen functional groups attached to an aromatic ring is 1. The standard InChI is InChI=1S/C7H12F2N4/c1-7(8,9)3-2-4-13-5-11-6(10)12-13/h5H,2-4H2,1H3,(H2,10,12). The third kappa shape index (κ3) is 3.82. The van der Waals surface area contributed by atoms with E-state index in [0.717, 1.165) is 6.92 Å². The van der Waals surface area contributed by atoms with Crippen molar-refractivity contribution in [3.05, 3.63) is 6.33 Å². The van der Waals surface area contributed by atoms with E-state index in [9.17, 15) is 8.78 Å². The number of alkyl halides is 2. The molecular formula is C7H12F2N4. The topological polar surface area (TPSA) is 56.7 Å². The van der Waals surface area contributed by atoms with Crippen LogP contribution in [0.3, 0.4) is 0 Å². The summed E-state index contributed by atoms with van der Waals surface area (Å²) in [5, 5.41) is 3.77. The van der Waals surface area contributed by atoms with Gasteiger partial charge >= 0.3 is 0 Å². The molecule has 13 heavy (non-hydrogen) atoms. The summed E-state index contributed by atoms with van der Waals surface area (Å²) in [7, 11) is 0. The Labute approximate surface area is 74.8 Å². The molecule has 1 aromatic rings. The molecule has 1 rings (SSSR count). The molecular weight excluding hydrogens is 178 g/mol. The molecule has 0 spiro atoms. The van der Waals surface area contributed by atoms with Crippen molar-refractivity contribution in [1.82, 2.24) is 14.8 Å².